The van der Waals surface area contributed by atoms with Crippen LogP contribution in [0.3, 0.4) is 0 Å². The molecule has 0 aliphatic rings. The third kappa shape index (κ3) is 3.61. The molecule has 106 valence electrons. The Balaban J connectivity index is 2.21. The quantitative estimate of drug-likeness (QED) is 0.493. The number of rotatable bonds is 6. The minimum atomic E-state index is -0.464. The predicted molar refractivity (Wildman–Crippen MR) is 76.1 cm³/mol. The number of benzene rings is 1. The second-order valence-electron chi connectivity index (χ2n) is 4.13. The van der Waals surface area contributed by atoms with Crippen LogP contribution in [0.2, 0.25) is 0 Å². The first-order valence-corrected chi connectivity index (χ1v) is 6.88. The monoisotopic (exact) mass is 340 g/mol. The summed E-state index contributed by atoms with van der Waals surface area (Å²) < 4.78 is 6.07. The van der Waals surface area contributed by atoms with E-state index in [0.717, 1.165) is 13.0 Å². The van der Waals surface area contributed by atoms with Gasteiger partial charge in [0.05, 0.1) is 11.5 Å². The van der Waals surface area contributed by atoms with Gasteiger partial charge in [-0.15, -0.1) is 10.2 Å². The van der Waals surface area contributed by atoms with Crippen molar-refractivity contribution in [3.05, 3.63) is 38.7 Å². The molecule has 1 aromatic heterocycles. The van der Waals surface area contributed by atoms with Gasteiger partial charge in [0.15, 0.2) is 0 Å². The van der Waals surface area contributed by atoms with Gasteiger partial charge in [0.2, 0.25) is 11.8 Å². The predicted octanol–water partition coefficient (Wildman–Crippen LogP) is 2.91. The zero-order valence-electron chi connectivity index (χ0n) is 10.8. The Morgan fingerprint density at radius 2 is 2.20 bits per heavy atom. The summed E-state index contributed by atoms with van der Waals surface area (Å²) in [5.41, 5.74) is 0.485. The molecule has 0 aliphatic heterocycles. The van der Waals surface area contributed by atoms with E-state index in [2.05, 4.69) is 38.4 Å². The lowest BCUT2D eigenvalue weighted by Gasteiger charge is -1.98. The van der Waals surface area contributed by atoms with E-state index in [1.165, 1.54) is 12.1 Å². The zero-order chi connectivity index (χ0) is 14.5. The van der Waals surface area contributed by atoms with E-state index >= 15 is 0 Å². The van der Waals surface area contributed by atoms with Crippen LogP contribution in [0.25, 0.3) is 11.5 Å². The van der Waals surface area contributed by atoms with Gasteiger partial charge in [0.1, 0.15) is 0 Å². The maximum atomic E-state index is 10.8. The van der Waals surface area contributed by atoms with Gasteiger partial charge in [-0.25, -0.2) is 0 Å². The lowest BCUT2D eigenvalue weighted by molar-refractivity contribution is -0.384. The molecular weight excluding hydrogens is 328 g/mol. The zero-order valence-corrected chi connectivity index (χ0v) is 12.4. The summed E-state index contributed by atoms with van der Waals surface area (Å²) in [6, 6.07) is 4.52. The molecule has 0 radical (unpaired) electrons. The molecule has 0 aliphatic carbocycles. The van der Waals surface area contributed by atoms with Crippen molar-refractivity contribution in [1.29, 1.82) is 0 Å². The van der Waals surface area contributed by atoms with E-state index in [1.54, 1.807) is 6.07 Å². The van der Waals surface area contributed by atoms with Crippen molar-refractivity contribution in [2.45, 2.75) is 19.9 Å². The number of nitrogens with one attached hydrogen (secondary N) is 1. The molecule has 1 N–H and O–H groups in total. The first-order chi connectivity index (χ1) is 9.60. The molecule has 0 spiro atoms. The number of nitro groups is 1. The first kappa shape index (κ1) is 14.6. The largest absolute Gasteiger partial charge is 0.419 e. The van der Waals surface area contributed by atoms with Crippen molar-refractivity contribution >= 4 is 21.6 Å². The molecule has 0 atom stereocenters. The van der Waals surface area contributed by atoms with Crippen LogP contribution in [0, 0.1) is 10.1 Å². The molecular formula is C12H13BrN4O3. The SMILES string of the molecule is CCCNCc1nnc(-c2cc(Br)cc([N+](=O)[O-])c2)o1. The third-order valence-corrected chi connectivity index (χ3v) is 2.97. The second-order valence-corrected chi connectivity index (χ2v) is 5.05. The highest BCUT2D eigenvalue weighted by atomic mass is 79.9. The summed E-state index contributed by atoms with van der Waals surface area (Å²) in [4.78, 5) is 10.4. The number of nitro benzene ring substituents is 1. The molecule has 0 saturated heterocycles. The fourth-order valence-electron chi connectivity index (χ4n) is 1.62. The molecule has 8 heteroatoms. The van der Waals surface area contributed by atoms with Gasteiger partial charge < -0.3 is 9.73 Å². The summed E-state index contributed by atoms with van der Waals surface area (Å²) in [5.74, 6) is 0.721. The van der Waals surface area contributed by atoms with Crippen LogP contribution >= 0.6 is 15.9 Å². The normalized spacial score (nSPS) is 10.7. The number of aromatic nitrogens is 2. The average Bonchev–Trinajstić information content (AvgIpc) is 2.87. The first-order valence-electron chi connectivity index (χ1n) is 6.08. The lowest BCUT2D eigenvalue weighted by atomic mass is 10.2. The third-order valence-electron chi connectivity index (χ3n) is 2.51. The van der Waals surface area contributed by atoms with E-state index in [1.807, 2.05) is 0 Å². The smallest absolute Gasteiger partial charge is 0.271 e. The van der Waals surface area contributed by atoms with Gasteiger partial charge >= 0.3 is 0 Å². The molecule has 1 aromatic carbocycles. The van der Waals surface area contributed by atoms with Crippen LogP contribution in [0.15, 0.2) is 27.1 Å². The van der Waals surface area contributed by atoms with Gasteiger partial charge in [0.25, 0.3) is 5.69 Å². The maximum Gasteiger partial charge on any atom is 0.271 e. The van der Waals surface area contributed by atoms with Crippen molar-refractivity contribution < 1.29 is 9.34 Å². The van der Waals surface area contributed by atoms with E-state index < -0.39 is 4.92 Å². The lowest BCUT2D eigenvalue weighted by Crippen LogP contribution is -2.13. The molecule has 0 amide bonds. The van der Waals surface area contributed by atoms with E-state index in [4.69, 9.17) is 4.42 Å². The number of non-ortho nitro benzene ring substituents is 1. The summed E-state index contributed by atoms with van der Waals surface area (Å²) in [5, 5.41) is 21.8. The molecule has 20 heavy (non-hydrogen) atoms. The van der Waals surface area contributed by atoms with Crippen molar-refractivity contribution in [2.75, 3.05) is 6.54 Å². The van der Waals surface area contributed by atoms with Crippen LogP contribution in [-0.2, 0) is 6.54 Å². The Kier molecular flexibility index (Phi) is 4.80. The fourth-order valence-corrected chi connectivity index (χ4v) is 2.10. The average molecular weight is 341 g/mol. The van der Waals surface area contributed by atoms with Crippen molar-refractivity contribution in [1.82, 2.24) is 15.5 Å². The molecule has 7 nitrogen and oxygen atoms in total. The van der Waals surface area contributed by atoms with E-state index in [-0.39, 0.29) is 11.6 Å². The number of nitrogens with zero attached hydrogens (tertiary/aromatic N) is 3. The summed E-state index contributed by atoms with van der Waals surface area (Å²) >= 11 is 3.23. The van der Waals surface area contributed by atoms with Crippen LogP contribution < -0.4 is 5.32 Å². The highest BCUT2D eigenvalue weighted by Crippen LogP contribution is 2.27. The highest BCUT2D eigenvalue weighted by Gasteiger charge is 2.14. The van der Waals surface area contributed by atoms with Crippen LogP contribution in [0.1, 0.15) is 19.2 Å². The van der Waals surface area contributed by atoms with E-state index in [9.17, 15) is 10.1 Å². The molecule has 2 aromatic rings. The molecule has 0 unspecified atom stereocenters. The fraction of sp³-hybridized carbons (Fsp3) is 0.333. The minimum Gasteiger partial charge on any atom is -0.419 e. The Hall–Kier alpha value is -1.80. The Labute approximate surface area is 123 Å². The molecule has 2 rings (SSSR count). The molecule has 1 heterocycles. The van der Waals surface area contributed by atoms with Gasteiger partial charge in [0, 0.05) is 22.2 Å². The summed E-state index contributed by atoms with van der Waals surface area (Å²) in [6.45, 7) is 3.41. The summed E-state index contributed by atoms with van der Waals surface area (Å²) in [7, 11) is 0. The summed E-state index contributed by atoms with van der Waals surface area (Å²) in [6.07, 6.45) is 1.01. The second kappa shape index (κ2) is 6.58. The Bertz CT molecular complexity index is 614. The number of hydrogen-bond acceptors (Lipinski definition) is 6. The van der Waals surface area contributed by atoms with E-state index in [0.29, 0.717) is 22.5 Å². The Morgan fingerprint density at radius 3 is 2.90 bits per heavy atom. The van der Waals surface area contributed by atoms with Crippen molar-refractivity contribution in [3.63, 3.8) is 0 Å². The van der Waals surface area contributed by atoms with Gasteiger partial charge in [-0.2, -0.15) is 0 Å². The molecule has 0 fully saturated rings. The number of hydrogen-bond donors (Lipinski definition) is 1. The van der Waals surface area contributed by atoms with Crippen molar-refractivity contribution in [3.8, 4) is 11.5 Å². The van der Waals surface area contributed by atoms with Crippen molar-refractivity contribution in [2.24, 2.45) is 0 Å². The Morgan fingerprint density at radius 1 is 1.40 bits per heavy atom. The molecule has 0 bridgehead atoms. The maximum absolute atomic E-state index is 10.8. The van der Waals surface area contributed by atoms with Crippen LogP contribution in [0.4, 0.5) is 5.69 Å². The van der Waals surface area contributed by atoms with Gasteiger partial charge in [-0.3, -0.25) is 10.1 Å². The van der Waals surface area contributed by atoms with Crippen LogP contribution in [-0.4, -0.2) is 21.7 Å². The van der Waals surface area contributed by atoms with Gasteiger partial charge in [-0.1, -0.05) is 22.9 Å². The van der Waals surface area contributed by atoms with Gasteiger partial charge in [-0.05, 0) is 19.0 Å². The topological polar surface area (TPSA) is 94.1 Å². The van der Waals surface area contributed by atoms with Crippen LogP contribution in [0.5, 0.6) is 0 Å². The number of halogens is 1. The minimum absolute atomic E-state index is 0.0294. The molecule has 0 saturated carbocycles. The standard InChI is InChI=1S/C12H13BrN4O3/c1-2-3-14-7-11-15-16-12(20-11)8-4-9(13)6-10(5-8)17(18)19/h4-6,14H,2-3,7H2,1H3. The highest BCUT2D eigenvalue weighted by molar-refractivity contribution is 9.10.